The van der Waals surface area contributed by atoms with Crippen molar-refractivity contribution in [3.63, 3.8) is 0 Å². The summed E-state index contributed by atoms with van der Waals surface area (Å²) in [5.41, 5.74) is -3.63. The number of allylic oxidation sites excluding steroid dienone is 1. The lowest BCUT2D eigenvalue weighted by Crippen LogP contribution is -2.47. The number of benzene rings is 1. The number of halogens is 1. The summed E-state index contributed by atoms with van der Waals surface area (Å²) in [4.78, 5) is 36.2. The molecule has 1 aliphatic heterocycles. The Hall–Kier alpha value is -3.27. The minimum Gasteiger partial charge on any atom is -0.478 e. The summed E-state index contributed by atoms with van der Waals surface area (Å²) in [5.74, 6) is -3.04. The van der Waals surface area contributed by atoms with Gasteiger partial charge in [-0.3, -0.25) is 10.1 Å². The van der Waals surface area contributed by atoms with Crippen molar-refractivity contribution in [2.75, 3.05) is 19.8 Å². The fourth-order valence-electron chi connectivity index (χ4n) is 4.08. The van der Waals surface area contributed by atoms with Crippen LogP contribution in [0.5, 0.6) is 0 Å². The van der Waals surface area contributed by atoms with Crippen LogP contribution in [0.15, 0.2) is 46.8 Å². The molecule has 9 nitrogen and oxygen atoms in total. The van der Waals surface area contributed by atoms with Gasteiger partial charge >= 0.3 is 11.9 Å². The molecular weight excluding hydrogens is 387 g/mol. The molecule has 1 aliphatic rings. The minimum atomic E-state index is -1.89. The van der Waals surface area contributed by atoms with Crippen molar-refractivity contribution in [3.8, 4) is 0 Å². The molecule has 0 spiro atoms. The summed E-state index contributed by atoms with van der Waals surface area (Å²) >= 11 is 0. The molecule has 0 fully saturated rings. The maximum atomic E-state index is 14.0. The number of hydrogen-bond donors (Lipinski definition) is 3. The second kappa shape index (κ2) is 8.39. The first-order chi connectivity index (χ1) is 13.7. The molecule has 0 amide bonds. The summed E-state index contributed by atoms with van der Waals surface area (Å²) in [7, 11) is 0. The largest absolute Gasteiger partial charge is 0.478 e. The Morgan fingerprint density at radius 3 is 2.17 bits per heavy atom. The van der Waals surface area contributed by atoms with Gasteiger partial charge in [0.1, 0.15) is 6.67 Å². The van der Waals surface area contributed by atoms with Crippen molar-refractivity contribution in [2.45, 2.75) is 25.7 Å². The number of nitro benzene ring substituents is 1. The van der Waals surface area contributed by atoms with Gasteiger partial charge in [0, 0.05) is 18.7 Å². The van der Waals surface area contributed by atoms with Crippen LogP contribution in [0, 0.1) is 10.1 Å². The van der Waals surface area contributed by atoms with Gasteiger partial charge in [0.05, 0.1) is 39.5 Å². The lowest BCUT2D eigenvalue weighted by atomic mass is 9.63. The van der Waals surface area contributed by atoms with Crippen molar-refractivity contribution < 1.29 is 34.2 Å². The van der Waals surface area contributed by atoms with Crippen LogP contribution in [-0.2, 0) is 15.0 Å². The fourth-order valence-corrected chi connectivity index (χ4v) is 4.08. The van der Waals surface area contributed by atoms with E-state index in [1.165, 1.54) is 25.1 Å². The number of hydrogen-bond acceptors (Lipinski definition) is 6. The van der Waals surface area contributed by atoms with Crippen molar-refractivity contribution in [3.05, 3.63) is 62.5 Å². The summed E-state index contributed by atoms with van der Waals surface area (Å²) in [6, 6.07) is 4.95. The number of carboxylic acid groups (broad SMARTS) is 2. The van der Waals surface area contributed by atoms with Gasteiger partial charge < -0.3 is 20.2 Å². The zero-order valence-electron chi connectivity index (χ0n) is 15.9. The number of aliphatic carboxylic acids is 2. The summed E-state index contributed by atoms with van der Waals surface area (Å²) in [6.07, 6.45) is -0.137. The number of non-ortho nitro benzene ring substituents is 1. The monoisotopic (exact) mass is 408 g/mol. The highest BCUT2D eigenvalue weighted by atomic mass is 19.1. The minimum absolute atomic E-state index is 0.0247. The van der Waals surface area contributed by atoms with Crippen LogP contribution in [0.2, 0.25) is 0 Å². The van der Waals surface area contributed by atoms with E-state index in [1.807, 2.05) is 0 Å². The van der Waals surface area contributed by atoms with Gasteiger partial charge in [-0.2, -0.15) is 0 Å². The Bertz CT molecular complexity index is 883. The van der Waals surface area contributed by atoms with Crippen molar-refractivity contribution in [2.24, 2.45) is 0 Å². The number of nitro groups is 1. The quantitative estimate of drug-likeness (QED) is 0.439. The number of carbonyl (C=O) groups is 2. The molecule has 1 aromatic carbocycles. The van der Waals surface area contributed by atoms with E-state index in [0.717, 1.165) is 11.0 Å². The molecule has 1 unspecified atom stereocenters. The summed E-state index contributed by atoms with van der Waals surface area (Å²) in [6.45, 7) is 1.11. The number of aliphatic hydroxyl groups excluding tert-OH is 1. The number of alkyl halides is 1. The Labute approximate surface area is 165 Å². The normalized spacial score (nSPS) is 19.5. The van der Waals surface area contributed by atoms with Gasteiger partial charge in [-0.15, -0.1) is 0 Å². The number of aliphatic hydroxyl groups is 1. The van der Waals surface area contributed by atoms with Gasteiger partial charge in [0.2, 0.25) is 0 Å². The molecule has 1 aromatic rings. The Morgan fingerprint density at radius 2 is 1.76 bits per heavy atom. The zero-order valence-corrected chi connectivity index (χ0v) is 15.9. The molecule has 29 heavy (non-hydrogen) atoms. The molecule has 0 radical (unpaired) electrons. The van der Waals surface area contributed by atoms with Crippen LogP contribution >= 0.6 is 0 Å². The molecule has 2 rings (SSSR count). The van der Waals surface area contributed by atoms with E-state index in [-0.39, 0.29) is 35.6 Å². The average molecular weight is 408 g/mol. The Morgan fingerprint density at radius 1 is 1.17 bits per heavy atom. The average Bonchev–Trinajstić information content (AvgIpc) is 2.70. The van der Waals surface area contributed by atoms with Gasteiger partial charge in [-0.05, 0) is 18.9 Å². The molecule has 0 aromatic heterocycles. The predicted molar refractivity (Wildman–Crippen MR) is 99.8 cm³/mol. The summed E-state index contributed by atoms with van der Waals surface area (Å²) in [5, 5.41) is 41.1. The van der Waals surface area contributed by atoms with Crippen LogP contribution in [0.4, 0.5) is 10.1 Å². The summed E-state index contributed by atoms with van der Waals surface area (Å²) < 4.78 is 14.0. The van der Waals surface area contributed by atoms with Gasteiger partial charge in [-0.25, -0.2) is 14.0 Å². The molecule has 156 valence electrons. The van der Waals surface area contributed by atoms with Gasteiger partial charge in [0.25, 0.3) is 5.69 Å². The maximum absolute atomic E-state index is 14.0. The third kappa shape index (κ3) is 3.35. The smallest absolute Gasteiger partial charge is 0.334 e. The van der Waals surface area contributed by atoms with E-state index in [0.29, 0.717) is 0 Å². The van der Waals surface area contributed by atoms with Crippen LogP contribution < -0.4 is 0 Å². The molecule has 0 aliphatic carbocycles. The van der Waals surface area contributed by atoms with Crippen molar-refractivity contribution >= 4 is 17.6 Å². The first-order valence-corrected chi connectivity index (χ1v) is 8.84. The lowest BCUT2D eigenvalue weighted by molar-refractivity contribution is -0.385. The van der Waals surface area contributed by atoms with Crippen LogP contribution in [0.3, 0.4) is 0 Å². The van der Waals surface area contributed by atoms with Crippen LogP contribution in [-0.4, -0.2) is 56.9 Å². The highest BCUT2D eigenvalue weighted by Gasteiger charge is 2.52. The molecule has 3 N–H and O–H groups in total. The van der Waals surface area contributed by atoms with Gasteiger partial charge in [-0.1, -0.05) is 19.1 Å². The van der Waals surface area contributed by atoms with E-state index in [1.54, 1.807) is 6.92 Å². The molecule has 0 bridgehead atoms. The highest BCUT2D eigenvalue weighted by Crippen LogP contribution is 2.50. The molecule has 0 saturated heterocycles. The SMILES string of the molecule is CCN1C(CO)=C(C(=O)O)C(CC)(c2cccc([N+](=O)[O-])c2)C(C(=O)O)=C1CF. The number of rotatable bonds is 8. The maximum Gasteiger partial charge on any atom is 0.334 e. The molecule has 1 atom stereocenters. The van der Waals surface area contributed by atoms with Crippen LogP contribution in [0.25, 0.3) is 0 Å². The second-order valence-corrected chi connectivity index (χ2v) is 6.36. The number of likely N-dealkylation sites (N-methyl/N-ethyl adjacent to an activating group) is 1. The van der Waals surface area contributed by atoms with E-state index < -0.39 is 46.7 Å². The van der Waals surface area contributed by atoms with Crippen molar-refractivity contribution in [1.82, 2.24) is 4.90 Å². The van der Waals surface area contributed by atoms with E-state index in [9.17, 15) is 39.4 Å². The highest BCUT2D eigenvalue weighted by molar-refractivity contribution is 6.01. The zero-order chi connectivity index (χ0) is 21.9. The first-order valence-electron chi connectivity index (χ1n) is 8.84. The fraction of sp³-hybridized carbons (Fsp3) is 0.368. The molecular formula is C19H21FN2O7. The number of carboxylic acids is 2. The third-order valence-corrected chi connectivity index (χ3v) is 5.18. The molecule has 1 heterocycles. The van der Waals surface area contributed by atoms with E-state index >= 15 is 0 Å². The van der Waals surface area contributed by atoms with Crippen molar-refractivity contribution in [1.29, 1.82) is 0 Å². The van der Waals surface area contributed by atoms with E-state index in [4.69, 9.17) is 0 Å². The second-order valence-electron chi connectivity index (χ2n) is 6.36. The van der Waals surface area contributed by atoms with Gasteiger partial charge in [0.15, 0.2) is 0 Å². The number of nitrogens with zero attached hydrogens (tertiary/aromatic N) is 2. The Kier molecular flexibility index (Phi) is 6.38. The molecule has 10 heteroatoms. The first kappa shape index (κ1) is 22.0. The van der Waals surface area contributed by atoms with E-state index in [2.05, 4.69) is 0 Å². The molecule has 0 saturated carbocycles. The standard InChI is InChI=1S/C19H21FN2O7/c1-3-19(11-6-5-7-12(8-11)22(28)29)15(17(24)25)13(9-20)21(4-2)14(10-23)16(19)18(26)27/h5-8,23H,3-4,9-10H2,1-2H3,(H,24,25)(H,26,27). The lowest BCUT2D eigenvalue weighted by Gasteiger charge is -2.44. The topological polar surface area (TPSA) is 141 Å². The predicted octanol–water partition coefficient (Wildman–Crippen LogP) is 2.22. The third-order valence-electron chi connectivity index (χ3n) is 5.18. The van der Waals surface area contributed by atoms with Crippen LogP contribution in [0.1, 0.15) is 25.8 Å². The Balaban J connectivity index is 3.09.